The lowest BCUT2D eigenvalue weighted by atomic mass is 10.1. The first kappa shape index (κ1) is 15.1. The second-order valence-electron chi connectivity index (χ2n) is 4.86. The Morgan fingerprint density at radius 1 is 1.38 bits per heavy atom. The zero-order valence-electron chi connectivity index (χ0n) is 12.3. The molecule has 1 atom stereocenters. The van der Waals surface area contributed by atoms with Gasteiger partial charge in [-0.3, -0.25) is 0 Å². The summed E-state index contributed by atoms with van der Waals surface area (Å²) in [6.45, 7) is 4.16. The highest BCUT2D eigenvalue weighted by molar-refractivity contribution is 5.88. The van der Waals surface area contributed by atoms with E-state index in [-0.39, 0.29) is 11.6 Å². The molecular weight excluding hydrogens is 270 g/mol. The molecule has 1 unspecified atom stereocenters. The van der Waals surface area contributed by atoms with Crippen LogP contribution in [0, 0.1) is 6.92 Å². The molecule has 0 radical (unpaired) electrons. The van der Waals surface area contributed by atoms with Crippen molar-refractivity contribution in [1.29, 1.82) is 0 Å². The van der Waals surface area contributed by atoms with Crippen molar-refractivity contribution >= 4 is 5.97 Å². The van der Waals surface area contributed by atoms with Crippen LogP contribution in [-0.4, -0.2) is 18.2 Å². The Morgan fingerprint density at radius 2 is 2.05 bits per heavy atom. The predicted molar refractivity (Wildman–Crippen MR) is 78.7 cm³/mol. The highest BCUT2D eigenvalue weighted by Gasteiger charge is 2.14. The van der Waals surface area contributed by atoms with Crippen LogP contribution in [0.5, 0.6) is 5.75 Å². The summed E-state index contributed by atoms with van der Waals surface area (Å²) < 4.78 is 10.6. The normalized spacial score (nSPS) is 12.1. The van der Waals surface area contributed by atoms with Crippen molar-refractivity contribution in [3.8, 4) is 5.75 Å². The van der Waals surface area contributed by atoms with Crippen LogP contribution in [0.3, 0.4) is 0 Å². The molecule has 2 aromatic rings. The Labute approximate surface area is 123 Å². The van der Waals surface area contributed by atoms with Crippen molar-refractivity contribution in [3.05, 3.63) is 53.0 Å². The van der Waals surface area contributed by atoms with Crippen molar-refractivity contribution in [2.45, 2.75) is 26.4 Å². The monoisotopic (exact) mass is 289 g/mol. The first-order valence-electron chi connectivity index (χ1n) is 6.71. The molecular formula is C16H19NO4. The standard InChI is InChI=1S/C16H19NO4/c1-10(12-4-6-13(20-3)7-5-12)17-9-14-8-15(16(18)19)11(2)21-14/h4-8,10,17H,9H2,1-3H3,(H,18,19). The van der Waals surface area contributed by atoms with E-state index in [1.807, 2.05) is 31.2 Å². The van der Waals surface area contributed by atoms with Gasteiger partial charge >= 0.3 is 5.97 Å². The van der Waals surface area contributed by atoms with Gasteiger partial charge in [-0.15, -0.1) is 0 Å². The summed E-state index contributed by atoms with van der Waals surface area (Å²) in [5.74, 6) is 0.895. The molecule has 2 N–H and O–H groups in total. The Morgan fingerprint density at radius 3 is 2.57 bits per heavy atom. The molecule has 0 amide bonds. The van der Waals surface area contributed by atoms with Crippen LogP contribution in [-0.2, 0) is 6.54 Å². The number of aryl methyl sites for hydroxylation is 1. The van der Waals surface area contributed by atoms with Gasteiger partial charge in [0.1, 0.15) is 22.8 Å². The number of benzene rings is 1. The van der Waals surface area contributed by atoms with E-state index < -0.39 is 5.97 Å². The summed E-state index contributed by atoms with van der Waals surface area (Å²) in [6.07, 6.45) is 0. The van der Waals surface area contributed by atoms with Gasteiger partial charge in [0.15, 0.2) is 0 Å². The maximum absolute atomic E-state index is 11.0. The predicted octanol–water partition coefficient (Wildman–Crippen LogP) is 3.15. The van der Waals surface area contributed by atoms with Crippen LogP contribution in [0.1, 0.15) is 40.4 Å². The SMILES string of the molecule is COc1ccc(C(C)NCc2cc(C(=O)O)c(C)o2)cc1. The molecule has 0 aliphatic heterocycles. The summed E-state index contributed by atoms with van der Waals surface area (Å²) in [5, 5.41) is 12.3. The van der Waals surface area contributed by atoms with E-state index >= 15 is 0 Å². The van der Waals surface area contributed by atoms with Crippen LogP contribution in [0.4, 0.5) is 0 Å². The number of ether oxygens (including phenoxy) is 1. The molecule has 2 rings (SSSR count). The average Bonchev–Trinajstić information content (AvgIpc) is 2.86. The second kappa shape index (κ2) is 6.45. The van der Waals surface area contributed by atoms with E-state index in [9.17, 15) is 4.79 Å². The van der Waals surface area contributed by atoms with Gasteiger partial charge in [-0.2, -0.15) is 0 Å². The molecule has 1 aromatic carbocycles. The molecule has 5 nitrogen and oxygen atoms in total. The molecule has 5 heteroatoms. The number of nitrogens with one attached hydrogen (secondary N) is 1. The van der Waals surface area contributed by atoms with Gasteiger partial charge in [0.05, 0.1) is 13.7 Å². The number of furan rings is 1. The fourth-order valence-corrected chi connectivity index (χ4v) is 2.11. The molecule has 0 saturated carbocycles. The van der Waals surface area contributed by atoms with Crippen molar-refractivity contribution in [1.82, 2.24) is 5.32 Å². The summed E-state index contributed by atoms with van der Waals surface area (Å²) in [5.41, 5.74) is 1.33. The number of hydrogen-bond donors (Lipinski definition) is 2. The average molecular weight is 289 g/mol. The van der Waals surface area contributed by atoms with Crippen molar-refractivity contribution in [3.63, 3.8) is 0 Å². The topological polar surface area (TPSA) is 71.7 Å². The van der Waals surface area contributed by atoms with Gasteiger partial charge in [-0.1, -0.05) is 12.1 Å². The quantitative estimate of drug-likeness (QED) is 0.854. The minimum atomic E-state index is -0.967. The molecule has 0 aliphatic carbocycles. The van der Waals surface area contributed by atoms with Crippen LogP contribution in [0.15, 0.2) is 34.7 Å². The number of carboxylic acid groups (broad SMARTS) is 1. The first-order valence-corrected chi connectivity index (χ1v) is 6.71. The van der Waals surface area contributed by atoms with E-state index in [1.54, 1.807) is 20.1 Å². The molecule has 0 spiro atoms. The molecule has 0 fully saturated rings. The third-order valence-corrected chi connectivity index (χ3v) is 3.40. The van der Waals surface area contributed by atoms with E-state index in [4.69, 9.17) is 14.3 Å². The summed E-state index contributed by atoms with van der Waals surface area (Å²) in [6, 6.07) is 9.49. The van der Waals surface area contributed by atoms with E-state index in [1.165, 1.54) is 0 Å². The smallest absolute Gasteiger partial charge is 0.339 e. The van der Waals surface area contributed by atoms with Crippen LogP contribution in [0.25, 0.3) is 0 Å². The van der Waals surface area contributed by atoms with Crippen molar-refractivity contribution < 1.29 is 19.1 Å². The van der Waals surface area contributed by atoms with Gasteiger partial charge < -0.3 is 19.6 Å². The maximum atomic E-state index is 11.0. The third-order valence-electron chi connectivity index (χ3n) is 3.40. The number of rotatable bonds is 6. The third kappa shape index (κ3) is 3.64. The highest BCUT2D eigenvalue weighted by Crippen LogP contribution is 2.19. The van der Waals surface area contributed by atoms with Gasteiger partial charge in [0, 0.05) is 6.04 Å². The molecule has 1 heterocycles. The fraction of sp³-hybridized carbons (Fsp3) is 0.312. The first-order chi connectivity index (χ1) is 10.0. The van der Waals surface area contributed by atoms with Crippen LogP contribution >= 0.6 is 0 Å². The van der Waals surface area contributed by atoms with Crippen LogP contribution in [0.2, 0.25) is 0 Å². The van der Waals surface area contributed by atoms with Gasteiger partial charge in [-0.25, -0.2) is 4.79 Å². The van der Waals surface area contributed by atoms with E-state index in [0.29, 0.717) is 18.1 Å². The lowest BCUT2D eigenvalue weighted by molar-refractivity contribution is 0.0695. The molecule has 21 heavy (non-hydrogen) atoms. The Hall–Kier alpha value is -2.27. The zero-order chi connectivity index (χ0) is 15.4. The van der Waals surface area contributed by atoms with Gasteiger partial charge in [-0.05, 0) is 37.6 Å². The molecule has 0 saturated heterocycles. The highest BCUT2D eigenvalue weighted by atomic mass is 16.5. The number of aromatic carboxylic acids is 1. The second-order valence-corrected chi connectivity index (χ2v) is 4.86. The van der Waals surface area contributed by atoms with Gasteiger partial charge in [0.2, 0.25) is 0 Å². The van der Waals surface area contributed by atoms with Crippen molar-refractivity contribution in [2.75, 3.05) is 7.11 Å². The number of hydrogen-bond acceptors (Lipinski definition) is 4. The van der Waals surface area contributed by atoms with E-state index in [2.05, 4.69) is 5.32 Å². The molecule has 0 bridgehead atoms. The molecule has 112 valence electrons. The Bertz CT molecular complexity index is 616. The largest absolute Gasteiger partial charge is 0.497 e. The van der Waals surface area contributed by atoms with Gasteiger partial charge in [0.25, 0.3) is 0 Å². The van der Waals surface area contributed by atoms with Crippen LogP contribution < -0.4 is 10.1 Å². The lowest BCUT2D eigenvalue weighted by Gasteiger charge is -2.13. The minimum Gasteiger partial charge on any atom is -0.497 e. The number of carboxylic acids is 1. The fourth-order valence-electron chi connectivity index (χ4n) is 2.11. The Kier molecular flexibility index (Phi) is 4.65. The minimum absolute atomic E-state index is 0.120. The molecule has 0 aliphatic rings. The molecule has 1 aromatic heterocycles. The summed E-state index contributed by atoms with van der Waals surface area (Å²) in [4.78, 5) is 11.0. The Balaban J connectivity index is 1.98. The number of carbonyl (C=O) groups is 1. The number of methoxy groups -OCH3 is 1. The van der Waals surface area contributed by atoms with Crippen molar-refractivity contribution in [2.24, 2.45) is 0 Å². The lowest BCUT2D eigenvalue weighted by Crippen LogP contribution is -2.17. The van der Waals surface area contributed by atoms with E-state index in [0.717, 1.165) is 11.3 Å². The summed E-state index contributed by atoms with van der Waals surface area (Å²) in [7, 11) is 1.63. The zero-order valence-corrected chi connectivity index (χ0v) is 12.3. The maximum Gasteiger partial charge on any atom is 0.339 e. The summed E-state index contributed by atoms with van der Waals surface area (Å²) >= 11 is 0.